The molecular formula is C26H30N4O2. The highest BCUT2D eigenvalue weighted by molar-refractivity contribution is 6.00. The molecule has 4 heterocycles. The molecule has 0 atom stereocenters. The van der Waals surface area contributed by atoms with Crippen molar-refractivity contribution in [2.75, 3.05) is 26.2 Å². The first-order valence-corrected chi connectivity index (χ1v) is 11.7. The second-order valence-electron chi connectivity index (χ2n) is 9.14. The van der Waals surface area contributed by atoms with Gasteiger partial charge in [0, 0.05) is 37.9 Å². The summed E-state index contributed by atoms with van der Waals surface area (Å²) < 4.78 is 1.80. The molecule has 0 unspecified atom stereocenters. The number of carbonyl (C=O) groups is 2. The zero-order valence-electron chi connectivity index (χ0n) is 18.7. The van der Waals surface area contributed by atoms with Crippen LogP contribution in [0.25, 0.3) is 5.52 Å². The molecule has 0 aliphatic carbocycles. The summed E-state index contributed by atoms with van der Waals surface area (Å²) in [5.41, 5.74) is 4.69. The maximum atomic E-state index is 13.1. The monoisotopic (exact) mass is 430 g/mol. The minimum absolute atomic E-state index is 0.0930. The Morgan fingerprint density at radius 1 is 0.906 bits per heavy atom. The largest absolute Gasteiger partial charge is 0.339 e. The van der Waals surface area contributed by atoms with Gasteiger partial charge in [-0.15, -0.1) is 0 Å². The minimum Gasteiger partial charge on any atom is -0.339 e. The predicted octanol–water partition coefficient (Wildman–Crippen LogP) is 4.29. The lowest BCUT2D eigenvalue weighted by atomic mass is 9.89. The van der Waals surface area contributed by atoms with Crippen molar-refractivity contribution in [3.8, 4) is 0 Å². The summed E-state index contributed by atoms with van der Waals surface area (Å²) in [6.45, 7) is 5.19. The summed E-state index contributed by atoms with van der Waals surface area (Å²) in [5, 5.41) is 4.41. The molecule has 2 saturated heterocycles. The molecule has 0 N–H and O–H groups in total. The van der Waals surface area contributed by atoms with Crippen LogP contribution in [-0.2, 0) is 0 Å². The summed E-state index contributed by atoms with van der Waals surface area (Å²) in [6, 6.07) is 12.1. The molecular weight excluding hydrogens is 400 g/mol. The van der Waals surface area contributed by atoms with Crippen molar-refractivity contribution in [3.63, 3.8) is 0 Å². The van der Waals surface area contributed by atoms with E-state index in [1.165, 1.54) is 12.0 Å². The van der Waals surface area contributed by atoms with E-state index in [0.717, 1.165) is 68.5 Å². The van der Waals surface area contributed by atoms with Crippen molar-refractivity contribution in [2.24, 2.45) is 0 Å². The minimum atomic E-state index is 0.0930. The quantitative estimate of drug-likeness (QED) is 0.623. The lowest BCUT2D eigenvalue weighted by Gasteiger charge is -2.32. The van der Waals surface area contributed by atoms with E-state index in [1.54, 1.807) is 10.7 Å². The number of fused-ring (bicyclic) bond motifs is 1. The van der Waals surface area contributed by atoms with Crippen LogP contribution in [0.2, 0.25) is 0 Å². The molecule has 2 aliphatic heterocycles. The predicted molar refractivity (Wildman–Crippen MR) is 124 cm³/mol. The maximum absolute atomic E-state index is 13.1. The highest BCUT2D eigenvalue weighted by atomic mass is 16.2. The molecule has 0 bridgehead atoms. The van der Waals surface area contributed by atoms with Crippen LogP contribution >= 0.6 is 0 Å². The zero-order valence-corrected chi connectivity index (χ0v) is 18.7. The van der Waals surface area contributed by atoms with E-state index >= 15 is 0 Å². The summed E-state index contributed by atoms with van der Waals surface area (Å²) in [7, 11) is 0. The fourth-order valence-corrected chi connectivity index (χ4v) is 5.06. The molecule has 5 rings (SSSR count). The van der Waals surface area contributed by atoms with Crippen LogP contribution < -0.4 is 0 Å². The molecule has 32 heavy (non-hydrogen) atoms. The maximum Gasteiger partial charge on any atom is 0.257 e. The third kappa shape index (κ3) is 4.01. The van der Waals surface area contributed by atoms with Crippen molar-refractivity contribution >= 4 is 17.3 Å². The molecule has 0 saturated carbocycles. The topological polar surface area (TPSA) is 57.9 Å². The van der Waals surface area contributed by atoms with E-state index in [-0.39, 0.29) is 11.8 Å². The van der Waals surface area contributed by atoms with Crippen LogP contribution in [0.3, 0.4) is 0 Å². The van der Waals surface area contributed by atoms with E-state index in [0.29, 0.717) is 11.5 Å². The third-order valence-electron chi connectivity index (χ3n) is 6.94. The van der Waals surface area contributed by atoms with Crippen LogP contribution in [0.4, 0.5) is 0 Å². The average molecular weight is 431 g/mol. The molecule has 6 heteroatoms. The highest BCUT2D eigenvalue weighted by Crippen LogP contribution is 2.30. The number of aryl methyl sites for hydroxylation is 1. The summed E-state index contributed by atoms with van der Waals surface area (Å²) >= 11 is 0. The Morgan fingerprint density at radius 3 is 2.41 bits per heavy atom. The molecule has 2 amide bonds. The smallest absolute Gasteiger partial charge is 0.257 e. The molecule has 6 nitrogen and oxygen atoms in total. The number of pyridine rings is 1. The molecule has 0 radical (unpaired) electrons. The van der Waals surface area contributed by atoms with Gasteiger partial charge in [0.1, 0.15) is 0 Å². The summed E-state index contributed by atoms with van der Waals surface area (Å²) in [4.78, 5) is 29.9. The number of aromatic nitrogens is 2. The van der Waals surface area contributed by atoms with Gasteiger partial charge >= 0.3 is 0 Å². The van der Waals surface area contributed by atoms with Gasteiger partial charge < -0.3 is 9.80 Å². The van der Waals surface area contributed by atoms with E-state index < -0.39 is 0 Å². The van der Waals surface area contributed by atoms with Crippen LogP contribution in [0, 0.1) is 6.92 Å². The molecule has 166 valence electrons. The Bertz CT molecular complexity index is 1140. The Hall–Kier alpha value is -3.15. The van der Waals surface area contributed by atoms with Crippen molar-refractivity contribution in [3.05, 3.63) is 71.0 Å². The first kappa shape index (κ1) is 20.7. The van der Waals surface area contributed by atoms with Gasteiger partial charge in [-0.2, -0.15) is 5.10 Å². The fraction of sp³-hybridized carbons (Fsp3) is 0.423. The number of rotatable bonds is 3. The number of piperidine rings is 2. The number of amides is 2. The Labute approximate surface area is 188 Å². The van der Waals surface area contributed by atoms with Crippen molar-refractivity contribution in [2.45, 2.75) is 44.9 Å². The number of hydrogen-bond acceptors (Lipinski definition) is 3. The summed E-state index contributed by atoms with van der Waals surface area (Å²) in [6.07, 6.45) is 8.88. The standard InChI is InChI=1S/C26H30N4O2/c1-19-6-5-7-22(16-19)25(31)29-13-8-20(9-14-29)21-10-15-30-24(17-21)23(18-27-30)26(32)28-11-3-2-4-12-28/h5-7,10,15-18,20H,2-4,8-9,11-14H2,1H3. The van der Waals surface area contributed by atoms with Gasteiger partial charge in [-0.05, 0) is 74.8 Å². The van der Waals surface area contributed by atoms with Gasteiger partial charge in [-0.3, -0.25) is 9.59 Å². The van der Waals surface area contributed by atoms with Gasteiger partial charge in [0.2, 0.25) is 0 Å². The molecule has 1 aromatic carbocycles. The van der Waals surface area contributed by atoms with Gasteiger partial charge in [-0.1, -0.05) is 17.7 Å². The van der Waals surface area contributed by atoms with Crippen molar-refractivity contribution in [1.29, 1.82) is 0 Å². The normalized spacial score (nSPS) is 17.7. The molecule has 2 aliphatic rings. The van der Waals surface area contributed by atoms with E-state index in [1.807, 2.05) is 47.2 Å². The fourth-order valence-electron chi connectivity index (χ4n) is 5.06. The lowest BCUT2D eigenvalue weighted by molar-refractivity contribution is 0.0709. The Balaban J connectivity index is 1.30. The van der Waals surface area contributed by atoms with E-state index in [9.17, 15) is 9.59 Å². The average Bonchev–Trinajstić information content (AvgIpc) is 3.27. The van der Waals surface area contributed by atoms with Crippen LogP contribution in [-0.4, -0.2) is 57.4 Å². The number of hydrogen-bond donors (Lipinski definition) is 0. The van der Waals surface area contributed by atoms with Gasteiger partial charge in [0.25, 0.3) is 11.8 Å². The number of nitrogens with zero attached hydrogens (tertiary/aromatic N) is 4. The van der Waals surface area contributed by atoms with Gasteiger partial charge in [0.15, 0.2) is 0 Å². The van der Waals surface area contributed by atoms with Gasteiger partial charge in [-0.25, -0.2) is 4.52 Å². The number of benzene rings is 1. The van der Waals surface area contributed by atoms with E-state index in [2.05, 4.69) is 17.2 Å². The SMILES string of the molecule is Cc1cccc(C(=O)N2CCC(c3ccn4ncc(C(=O)N5CCCCC5)c4c3)CC2)c1. The van der Waals surface area contributed by atoms with Gasteiger partial charge in [0.05, 0.1) is 17.3 Å². The van der Waals surface area contributed by atoms with Crippen LogP contribution in [0.15, 0.2) is 48.8 Å². The molecule has 2 aromatic heterocycles. The van der Waals surface area contributed by atoms with Crippen LogP contribution in [0.1, 0.15) is 69.9 Å². The first-order chi connectivity index (χ1) is 15.6. The molecule has 0 spiro atoms. The summed E-state index contributed by atoms with van der Waals surface area (Å²) in [5.74, 6) is 0.595. The zero-order chi connectivity index (χ0) is 22.1. The number of carbonyl (C=O) groups excluding carboxylic acids is 2. The van der Waals surface area contributed by atoms with Crippen LogP contribution in [0.5, 0.6) is 0 Å². The first-order valence-electron chi connectivity index (χ1n) is 11.7. The lowest BCUT2D eigenvalue weighted by Crippen LogP contribution is -2.38. The van der Waals surface area contributed by atoms with Crippen molar-refractivity contribution in [1.82, 2.24) is 19.4 Å². The third-order valence-corrected chi connectivity index (χ3v) is 6.94. The number of likely N-dealkylation sites (tertiary alicyclic amines) is 2. The second kappa shape index (κ2) is 8.77. The highest BCUT2D eigenvalue weighted by Gasteiger charge is 2.26. The van der Waals surface area contributed by atoms with Crippen molar-refractivity contribution < 1.29 is 9.59 Å². The Morgan fingerprint density at radius 2 is 1.66 bits per heavy atom. The second-order valence-corrected chi connectivity index (χ2v) is 9.14. The Kier molecular flexibility index (Phi) is 5.68. The molecule has 2 fully saturated rings. The molecule has 3 aromatic rings. The van der Waals surface area contributed by atoms with E-state index in [4.69, 9.17) is 0 Å².